The number of ketones is 2. The van der Waals surface area contributed by atoms with Gasteiger partial charge in [-0.15, -0.1) is 0 Å². The van der Waals surface area contributed by atoms with E-state index in [-0.39, 0.29) is 47.5 Å². The number of phenolic OH excluding ortho intramolecular Hbond substituents is 1. The molecule has 1 atom stereocenters. The molecule has 6 nitrogen and oxygen atoms in total. The van der Waals surface area contributed by atoms with E-state index in [4.69, 9.17) is 1.37 Å². The average Bonchev–Trinajstić information content (AvgIpc) is 2.42. The van der Waals surface area contributed by atoms with Crippen LogP contribution in [-0.2, 0) is 9.59 Å². The second-order valence-corrected chi connectivity index (χ2v) is 6.12. The average molecular weight is 366 g/mol. The summed E-state index contributed by atoms with van der Waals surface area (Å²) in [6.45, 7) is 1.53. The predicted octanol–water partition coefficient (Wildman–Crippen LogP) is 2.04. The number of aryl methyl sites for hydroxylation is 1. The van der Waals surface area contributed by atoms with Crippen LogP contribution in [0.3, 0.4) is 0 Å². The highest BCUT2D eigenvalue weighted by molar-refractivity contribution is 9.10. The van der Waals surface area contributed by atoms with Crippen molar-refractivity contribution in [1.82, 2.24) is 9.55 Å². The fourth-order valence-electron chi connectivity index (χ4n) is 2.69. The number of aromatic nitrogens is 2. The van der Waals surface area contributed by atoms with Crippen molar-refractivity contribution in [3.8, 4) is 5.75 Å². The molecule has 0 saturated heterocycles. The Morgan fingerprint density at radius 1 is 1.41 bits per heavy atom. The van der Waals surface area contributed by atoms with E-state index in [0.717, 1.165) is 4.57 Å². The number of carbonyl (C=O) groups excluding carboxylic acids is 2. The lowest BCUT2D eigenvalue weighted by molar-refractivity contribution is -0.132. The predicted molar refractivity (Wildman–Crippen MR) is 83.0 cm³/mol. The lowest BCUT2D eigenvalue weighted by Crippen LogP contribution is -2.36. The number of hydrogen-bond donors (Lipinski definition) is 1. The fraction of sp³-hybridized carbons (Fsp3) is 0.333. The molecule has 0 radical (unpaired) electrons. The van der Waals surface area contributed by atoms with Crippen LogP contribution < -0.4 is 5.56 Å². The normalized spacial score (nSPS) is 22.9. The first-order valence-corrected chi connectivity index (χ1v) is 7.50. The number of nitrogens with zero attached hydrogens (tertiary/aromatic N) is 2. The van der Waals surface area contributed by atoms with Crippen LogP contribution >= 0.6 is 15.9 Å². The number of phenols is 1. The van der Waals surface area contributed by atoms with Crippen molar-refractivity contribution < 1.29 is 16.1 Å². The Kier molecular flexibility index (Phi) is 3.29. The summed E-state index contributed by atoms with van der Waals surface area (Å²) < 4.78 is 10.0. The summed E-state index contributed by atoms with van der Waals surface area (Å²) in [5.41, 5.74) is -0.381. The van der Waals surface area contributed by atoms with Gasteiger partial charge in [-0.05, 0) is 25.5 Å². The molecule has 114 valence electrons. The minimum atomic E-state index is -1.87. The summed E-state index contributed by atoms with van der Waals surface area (Å²) in [4.78, 5) is 40.7. The Morgan fingerprint density at radius 3 is 2.82 bits per heavy atom. The number of Topliss-reactive ketones (excluding diaryl/α,β-unsaturated/α-hetero) is 2. The zero-order valence-corrected chi connectivity index (χ0v) is 13.3. The molecule has 1 aromatic heterocycles. The van der Waals surface area contributed by atoms with E-state index in [0.29, 0.717) is 4.47 Å². The molecule has 1 aliphatic rings. The van der Waals surface area contributed by atoms with Crippen molar-refractivity contribution >= 4 is 38.4 Å². The maximum atomic E-state index is 12.8. The maximum Gasteiger partial charge on any atom is 0.265 e. The molecule has 0 amide bonds. The summed E-state index contributed by atoms with van der Waals surface area (Å²) in [5, 5.41) is 10.0. The molecule has 0 spiro atoms. The standard InChI is InChI=1S/C15H13BrN2O4/c1-7-17-10-4-8(16)5-13(21)14(10)15(22)18(7)11-3-2-9(19)6-12(11)20/h4-5,11,21H,2-3,6H2,1H3/i11D. The molecule has 0 aliphatic heterocycles. The summed E-state index contributed by atoms with van der Waals surface area (Å²) in [5.74, 6) is -0.943. The molecule has 1 unspecified atom stereocenters. The molecule has 2 aromatic rings. The second-order valence-electron chi connectivity index (χ2n) is 5.20. The van der Waals surface area contributed by atoms with Crippen molar-refractivity contribution in [3.63, 3.8) is 0 Å². The van der Waals surface area contributed by atoms with Gasteiger partial charge in [0.15, 0.2) is 5.78 Å². The van der Waals surface area contributed by atoms with E-state index in [1.165, 1.54) is 13.0 Å². The molecule has 0 bridgehead atoms. The highest BCUT2D eigenvalue weighted by atomic mass is 79.9. The van der Waals surface area contributed by atoms with Gasteiger partial charge >= 0.3 is 0 Å². The Labute approximate surface area is 135 Å². The maximum absolute atomic E-state index is 12.8. The smallest absolute Gasteiger partial charge is 0.265 e. The number of benzene rings is 1. The molecule has 1 heterocycles. The second kappa shape index (κ2) is 5.31. The van der Waals surface area contributed by atoms with Crippen molar-refractivity contribution in [1.29, 1.82) is 0 Å². The number of rotatable bonds is 1. The molecule has 1 fully saturated rings. The van der Waals surface area contributed by atoms with Crippen LogP contribution in [0.1, 0.15) is 32.5 Å². The first-order chi connectivity index (χ1) is 10.7. The molecule has 3 rings (SSSR count). The van der Waals surface area contributed by atoms with Gasteiger partial charge in [-0.3, -0.25) is 19.0 Å². The van der Waals surface area contributed by atoms with Crippen molar-refractivity contribution in [2.24, 2.45) is 0 Å². The van der Waals surface area contributed by atoms with Crippen LogP contribution in [0.15, 0.2) is 21.4 Å². The molecule has 7 heteroatoms. The Balaban J connectivity index is 2.33. The van der Waals surface area contributed by atoms with Crippen molar-refractivity contribution in [2.75, 3.05) is 0 Å². The van der Waals surface area contributed by atoms with Crippen LogP contribution in [0.2, 0.25) is 0 Å². The van der Waals surface area contributed by atoms with Gasteiger partial charge in [0.1, 0.15) is 22.7 Å². The number of aromatic hydroxyl groups is 1. The third kappa shape index (κ3) is 2.35. The summed E-state index contributed by atoms with van der Waals surface area (Å²) in [6, 6.07) is 1.07. The van der Waals surface area contributed by atoms with Gasteiger partial charge in [0.05, 0.1) is 19.3 Å². The van der Waals surface area contributed by atoms with Crippen molar-refractivity contribution in [2.45, 2.75) is 32.2 Å². The van der Waals surface area contributed by atoms with E-state index in [1.54, 1.807) is 6.07 Å². The minimum absolute atomic E-state index is 0.0462. The molecule has 1 N–H and O–H groups in total. The van der Waals surface area contributed by atoms with E-state index in [2.05, 4.69) is 20.9 Å². The summed E-state index contributed by atoms with van der Waals surface area (Å²) >= 11 is 3.22. The van der Waals surface area contributed by atoms with Gasteiger partial charge in [0.2, 0.25) is 0 Å². The minimum Gasteiger partial charge on any atom is -0.507 e. The van der Waals surface area contributed by atoms with E-state index < -0.39 is 17.4 Å². The molecule has 1 aromatic carbocycles. The van der Waals surface area contributed by atoms with Crippen LogP contribution in [0.4, 0.5) is 0 Å². The first kappa shape index (κ1) is 13.6. The number of carbonyl (C=O) groups is 2. The SMILES string of the molecule is [2H]C1(n2c(C)nc3cc(Br)cc(O)c3c2=O)CCC(=O)CC1=O. The number of hydrogen-bond acceptors (Lipinski definition) is 5. The zero-order chi connectivity index (χ0) is 16.9. The van der Waals surface area contributed by atoms with Gasteiger partial charge in [-0.2, -0.15) is 0 Å². The topological polar surface area (TPSA) is 89.3 Å². The van der Waals surface area contributed by atoms with Gasteiger partial charge in [0, 0.05) is 10.9 Å². The van der Waals surface area contributed by atoms with Crippen LogP contribution in [0.5, 0.6) is 5.75 Å². The molecular weight excluding hydrogens is 352 g/mol. The van der Waals surface area contributed by atoms with Crippen LogP contribution in [0.25, 0.3) is 10.9 Å². The van der Waals surface area contributed by atoms with Gasteiger partial charge in [-0.25, -0.2) is 4.98 Å². The third-order valence-corrected chi connectivity index (χ3v) is 4.13. The van der Waals surface area contributed by atoms with Crippen molar-refractivity contribution in [3.05, 3.63) is 32.8 Å². The van der Waals surface area contributed by atoms with Crippen LogP contribution in [-0.4, -0.2) is 26.2 Å². The van der Waals surface area contributed by atoms with Gasteiger partial charge in [-0.1, -0.05) is 15.9 Å². The molecule has 1 saturated carbocycles. The molecule has 22 heavy (non-hydrogen) atoms. The van der Waals surface area contributed by atoms with Gasteiger partial charge in [0.25, 0.3) is 5.56 Å². The largest absolute Gasteiger partial charge is 0.507 e. The van der Waals surface area contributed by atoms with E-state index >= 15 is 0 Å². The number of fused-ring (bicyclic) bond motifs is 1. The summed E-state index contributed by atoms with van der Waals surface area (Å²) in [6.07, 6.45) is -0.374. The monoisotopic (exact) mass is 365 g/mol. The van der Waals surface area contributed by atoms with E-state index in [9.17, 15) is 19.5 Å². The lowest BCUT2D eigenvalue weighted by atomic mass is 9.92. The highest BCUT2D eigenvalue weighted by Gasteiger charge is 2.31. The lowest BCUT2D eigenvalue weighted by Gasteiger charge is -2.24. The quantitative estimate of drug-likeness (QED) is 0.781. The van der Waals surface area contributed by atoms with Gasteiger partial charge < -0.3 is 5.11 Å². The third-order valence-electron chi connectivity index (χ3n) is 3.67. The Bertz CT molecular complexity index is 924. The van der Waals surface area contributed by atoms with Crippen LogP contribution in [0, 0.1) is 6.92 Å². The first-order valence-electron chi connectivity index (χ1n) is 7.21. The Hall–Kier alpha value is -2.02. The zero-order valence-electron chi connectivity index (χ0n) is 12.7. The van der Waals surface area contributed by atoms with E-state index in [1.807, 2.05) is 0 Å². The Morgan fingerprint density at radius 2 is 2.14 bits per heavy atom. The molecule has 1 aliphatic carbocycles. The summed E-state index contributed by atoms with van der Waals surface area (Å²) in [7, 11) is 0. The highest BCUT2D eigenvalue weighted by Crippen LogP contribution is 2.28. The fourth-order valence-corrected chi connectivity index (χ4v) is 3.12. The number of halogens is 1. The molecular formula is C15H13BrN2O4.